The summed E-state index contributed by atoms with van der Waals surface area (Å²) in [5, 5.41) is 6.63. The van der Waals surface area contributed by atoms with Gasteiger partial charge in [0.2, 0.25) is 5.91 Å². The number of pyridine rings is 1. The lowest BCUT2D eigenvalue weighted by Gasteiger charge is -2.28. The first-order valence-corrected chi connectivity index (χ1v) is 7.64. The van der Waals surface area contributed by atoms with Crippen molar-refractivity contribution in [2.45, 2.75) is 57.7 Å². The minimum Gasteiger partial charge on any atom is -0.350 e. The minimum absolute atomic E-state index is 0.168. The van der Waals surface area contributed by atoms with E-state index in [1.807, 2.05) is 19.1 Å². The molecule has 0 aromatic carbocycles. The predicted octanol–water partition coefficient (Wildman–Crippen LogP) is 1.93. The summed E-state index contributed by atoms with van der Waals surface area (Å²) >= 11 is 0. The van der Waals surface area contributed by atoms with E-state index in [2.05, 4.69) is 15.6 Å². The first-order valence-electron chi connectivity index (χ1n) is 7.64. The van der Waals surface area contributed by atoms with Crippen LogP contribution in [-0.4, -0.2) is 23.0 Å². The summed E-state index contributed by atoms with van der Waals surface area (Å²) in [5.74, 6) is 0.722. The van der Waals surface area contributed by atoms with Gasteiger partial charge >= 0.3 is 0 Å². The van der Waals surface area contributed by atoms with Crippen LogP contribution < -0.4 is 10.6 Å². The van der Waals surface area contributed by atoms with Crippen LogP contribution >= 0.6 is 0 Å². The highest BCUT2D eigenvalue weighted by Gasteiger charge is 2.34. The summed E-state index contributed by atoms with van der Waals surface area (Å²) in [4.78, 5) is 16.4. The van der Waals surface area contributed by atoms with Gasteiger partial charge in [-0.1, -0.05) is 6.07 Å². The molecule has 0 spiro atoms. The van der Waals surface area contributed by atoms with E-state index in [0.29, 0.717) is 31.0 Å². The highest BCUT2D eigenvalue weighted by Crippen LogP contribution is 2.32. The molecule has 1 amide bonds. The van der Waals surface area contributed by atoms with Crippen LogP contribution in [0.2, 0.25) is 0 Å². The van der Waals surface area contributed by atoms with Gasteiger partial charge in [-0.2, -0.15) is 0 Å². The Morgan fingerprint density at radius 3 is 2.85 bits per heavy atom. The number of aryl methyl sites for hydroxylation is 1. The molecule has 20 heavy (non-hydrogen) atoms. The molecule has 108 valence electrons. The van der Waals surface area contributed by atoms with Gasteiger partial charge < -0.3 is 10.6 Å². The van der Waals surface area contributed by atoms with E-state index in [-0.39, 0.29) is 5.91 Å². The number of hydrogen-bond acceptors (Lipinski definition) is 3. The van der Waals surface area contributed by atoms with E-state index in [0.717, 1.165) is 24.1 Å². The van der Waals surface area contributed by atoms with Crippen molar-refractivity contribution < 1.29 is 4.79 Å². The van der Waals surface area contributed by atoms with Gasteiger partial charge in [-0.3, -0.25) is 9.78 Å². The number of amides is 1. The summed E-state index contributed by atoms with van der Waals surface area (Å²) in [6.07, 6.45) is 7.34. The van der Waals surface area contributed by atoms with Crippen molar-refractivity contribution in [1.82, 2.24) is 15.6 Å². The van der Waals surface area contributed by atoms with Gasteiger partial charge in [0.25, 0.3) is 0 Å². The third-order valence-electron chi connectivity index (χ3n) is 4.62. The molecule has 2 fully saturated rings. The zero-order chi connectivity index (χ0) is 13.9. The number of nitrogens with one attached hydrogen (secondary N) is 2. The van der Waals surface area contributed by atoms with E-state index in [9.17, 15) is 4.79 Å². The van der Waals surface area contributed by atoms with Crippen LogP contribution in [0.5, 0.6) is 0 Å². The summed E-state index contributed by atoms with van der Waals surface area (Å²) in [7, 11) is 0. The Morgan fingerprint density at radius 1 is 1.40 bits per heavy atom. The fraction of sp³-hybridized carbons (Fsp3) is 0.625. The molecule has 3 rings (SSSR count). The minimum atomic E-state index is 0.168. The number of rotatable bonds is 4. The molecule has 4 heteroatoms. The molecular weight excluding hydrogens is 250 g/mol. The Morgan fingerprint density at radius 2 is 2.15 bits per heavy atom. The maximum Gasteiger partial charge on any atom is 0.220 e. The van der Waals surface area contributed by atoms with Crippen LogP contribution in [0, 0.1) is 12.8 Å². The second-order valence-corrected chi connectivity index (χ2v) is 6.22. The topological polar surface area (TPSA) is 54.0 Å². The molecular formula is C16H23N3O. The number of piperidine rings is 1. The number of carbonyl (C=O) groups is 1. The summed E-state index contributed by atoms with van der Waals surface area (Å²) < 4.78 is 0. The van der Waals surface area contributed by atoms with Gasteiger partial charge in [0, 0.05) is 24.7 Å². The standard InChI is InChI=1S/C16H23N3O/c1-11-3-2-6-17-15(11)10-18-16(20)9-12-7-13-4-5-14(8-12)19-13/h2-3,6,12-14,19H,4-5,7-10H2,1H3,(H,18,20). The molecule has 2 N–H and O–H groups in total. The van der Waals surface area contributed by atoms with Gasteiger partial charge in [0.15, 0.2) is 0 Å². The number of fused-ring (bicyclic) bond motifs is 2. The van der Waals surface area contributed by atoms with Crippen LogP contribution in [0.1, 0.15) is 43.4 Å². The van der Waals surface area contributed by atoms with Crippen LogP contribution in [-0.2, 0) is 11.3 Å². The van der Waals surface area contributed by atoms with Crippen molar-refractivity contribution >= 4 is 5.91 Å². The molecule has 2 aliphatic rings. The highest BCUT2D eigenvalue weighted by molar-refractivity contribution is 5.76. The third-order valence-corrected chi connectivity index (χ3v) is 4.62. The Bertz CT molecular complexity index is 476. The SMILES string of the molecule is Cc1cccnc1CNC(=O)CC1CC2CCC(C1)N2. The van der Waals surface area contributed by atoms with E-state index >= 15 is 0 Å². The number of hydrogen-bond donors (Lipinski definition) is 2. The Balaban J connectivity index is 1.47. The van der Waals surface area contributed by atoms with Gasteiger partial charge in [0.05, 0.1) is 12.2 Å². The Labute approximate surface area is 120 Å². The van der Waals surface area contributed by atoms with Crippen molar-refractivity contribution in [3.05, 3.63) is 29.6 Å². The second kappa shape index (κ2) is 5.92. The van der Waals surface area contributed by atoms with Crippen LogP contribution in [0.25, 0.3) is 0 Å². The molecule has 2 saturated heterocycles. The fourth-order valence-corrected chi connectivity index (χ4v) is 3.56. The average molecular weight is 273 g/mol. The number of nitrogens with zero attached hydrogens (tertiary/aromatic N) is 1. The number of aromatic nitrogens is 1. The van der Waals surface area contributed by atoms with Gasteiger partial charge in [0.1, 0.15) is 0 Å². The second-order valence-electron chi connectivity index (χ2n) is 6.22. The molecule has 0 radical (unpaired) electrons. The molecule has 2 bridgehead atoms. The molecule has 2 unspecified atom stereocenters. The van der Waals surface area contributed by atoms with E-state index in [1.165, 1.54) is 12.8 Å². The zero-order valence-corrected chi connectivity index (χ0v) is 12.1. The van der Waals surface area contributed by atoms with Crippen molar-refractivity contribution in [3.63, 3.8) is 0 Å². The fourth-order valence-electron chi connectivity index (χ4n) is 3.56. The van der Waals surface area contributed by atoms with Crippen molar-refractivity contribution in [3.8, 4) is 0 Å². The summed E-state index contributed by atoms with van der Waals surface area (Å²) in [5.41, 5.74) is 2.10. The highest BCUT2D eigenvalue weighted by atomic mass is 16.1. The van der Waals surface area contributed by atoms with Crippen molar-refractivity contribution in [2.24, 2.45) is 5.92 Å². The molecule has 1 aromatic rings. The first kappa shape index (κ1) is 13.6. The number of carbonyl (C=O) groups excluding carboxylic acids is 1. The largest absolute Gasteiger partial charge is 0.350 e. The lowest BCUT2D eigenvalue weighted by Crippen LogP contribution is -2.39. The lowest BCUT2D eigenvalue weighted by atomic mass is 9.89. The Hall–Kier alpha value is -1.42. The van der Waals surface area contributed by atoms with Crippen molar-refractivity contribution in [2.75, 3.05) is 0 Å². The van der Waals surface area contributed by atoms with E-state index in [1.54, 1.807) is 6.20 Å². The maximum atomic E-state index is 12.1. The molecule has 4 nitrogen and oxygen atoms in total. The predicted molar refractivity (Wildman–Crippen MR) is 78.1 cm³/mol. The van der Waals surface area contributed by atoms with Gasteiger partial charge in [-0.25, -0.2) is 0 Å². The molecule has 0 aliphatic carbocycles. The van der Waals surface area contributed by atoms with Crippen molar-refractivity contribution in [1.29, 1.82) is 0 Å². The van der Waals surface area contributed by atoms with E-state index < -0.39 is 0 Å². The van der Waals surface area contributed by atoms with Crippen LogP contribution in [0.15, 0.2) is 18.3 Å². The quantitative estimate of drug-likeness (QED) is 0.881. The Kier molecular flexibility index (Phi) is 4.01. The zero-order valence-electron chi connectivity index (χ0n) is 12.1. The maximum absolute atomic E-state index is 12.1. The monoisotopic (exact) mass is 273 g/mol. The third kappa shape index (κ3) is 3.18. The molecule has 2 atom stereocenters. The van der Waals surface area contributed by atoms with Gasteiger partial charge in [-0.05, 0) is 50.2 Å². The lowest BCUT2D eigenvalue weighted by molar-refractivity contribution is -0.122. The van der Waals surface area contributed by atoms with Crippen LogP contribution in [0.4, 0.5) is 0 Å². The van der Waals surface area contributed by atoms with Crippen LogP contribution in [0.3, 0.4) is 0 Å². The average Bonchev–Trinajstić information content (AvgIpc) is 2.77. The van der Waals surface area contributed by atoms with E-state index in [4.69, 9.17) is 0 Å². The summed E-state index contributed by atoms with van der Waals surface area (Å²) in [6, 6.07) is 5.26. The summed E-state index contributed by atoms with van der Waals surface area (Å²) in [6.45, 7) is 2.57. The molecule has 3 heterocycles. The van der Waals surface area contributed by atoms with Gasteiger partial charge in [-0.15, -0.1) is 0 Å². The molecule has 1 aromatic heterocycles. The first-order chi connectivity index (χ1) is 9.70. The molecule has 0 saturated carbocycles. The smallest absolute Gasteiger partial charge is 0.220 e. The normalized spacial score (nSPS) is 28.4. The molecule has 2 aliphatic heterocycles.